The van der Waals surface area contributed by atoms with Crippen molar-refractivity contribution >= 4 is 11.4 Å². The monoisotopic (exact) mass is 836 g/mol. The molecule has 0 amide bonds. The molecule has 10 rings (SSSR count). The summed E-state index contributed by atoms with van der Waals surface area (Å²) in [5.41, 5.74) is 15.8. The fourth-order valence-corrected chi connectivity index (χ4v) is 12.6. The molecule has 0 spiro atoms. The van der Waals surface area contributed by atoms with E-state index in [1.54, 1.807) is 11.1 Å². The number of anilines is 2. The molecule has 1 saturated heterocycles. The van der Waals surface area contributed by atoms with Gasteiger partial charge in [0.2, 0.25) is 0 Å². The summed E-state index contributed by atoms with van der Waals surface area (Å²) >= 11 is 0. The van der Waals surface area contributed by atoms with E-state index in [-0.39, 0.29) is 0 Å². The van der Waals surface area contributed by atoms with E-state index < -0.39 is 0 Å². The number of hydrogen-bond donors (Lipinski definition) is 3. The van der Waals surface area contributed by atoms with Gasteiger partial charge in [-0.15, -0.1) is 0 Å². The van der Waals surface area contributed by atoms with E-state index in [9.17, 15) is 0 Å². The quantitative estimate of drug-likeness (QED) is 0.138. The lowest BCUT2D eigenvalue weighted by Gasteiger charge is -2.40. The predicted molar refractivity (Wildman–Crippen MR) is 254 cm³/mol. The molecule has 6 aliphatic rings. The molecular formula is C53H73N9. The van der Waals surface area contributed by atoms with E-state index in [0.717, 1.165) is 58.3 Å². The molecule has 2 aromatic carbocycles. The third kappa shape index (κ3) is 8.82. The van der Waals surface area contributed by atoms with Crippen molar-refractivity contribution in [3.8, 4) is 0 Å². The molecule has 2 aromatic heterocycles. The molecule has 9 nitrogen and oxygen atoms in total. The SMILES string of the molecule is CN1CCC(N(C)c2cccc3c2C[C@H](CN(C)[C@H]2CCC(c4cc5c(c(NC6CCCCC6)c4)C[C@H](CN(C)[C@H]4CCCc6cccnc64)NC5)c4cccnc42)NC3)CC1. The maximum atomic E-state index is 5.21. The Morgan fingerprint density at radius 2 is 1.37 bits per heavy atom. The number of rotatable bonds is 11. The van der Waals surface area contributed by atoms with Gasteiger partial charge in [-0.2, -0.15) is 0 Å². The molecule has 1 unspecified atom stereocenters. The van der Waals surface area contributed by atoms with Crippen molar-refractivity contribution in [2.45, 2.75) is 145 Å². The van der Waals surface area contributed by atoms with Gasteiger partial charge in [0, 0.05) is 87.1 Å². The van der Waals surface area contributed by atoms with Crippen molar-refractivity contribution in [3.05, 3.63) is 117 Å². The Labute approximate surface area is 372 Å². The first kappa shape index (κ1) is 42.1. The van der Waals surface area contributed by atoms with Crippen molar-refractivity contribution in [3.63, 3.8) is 0 Å². The van der Waals surface area contributed by atoms with Gasteiger partial charge in [0.1, 0.15) is 0 Å². The van der Waals surface area contributed by atoms with Crippen LogP contribution in [0.15, 0.2) is 67.0 Å². The number of likely N-dealkylation sites (N-methyl/N-ethyl adjacent to an activating group) is 2. The second kappa shape index (κ2) is 18.7. The molecule has 5 atom stereocenters. The van der Waals surface area contributed by atoms with Crippen LogP contribution in [0.1, 0.15) is 139 Å². The Balaban J connectivity index is 0.860. The van der Waals surface area contributed by atoms with Crippen LogP contribution in [0, 0.1) is 0 Å². The zero-order chi connectivity index (χ0) is 42.2. The van der Waals surface area contributed by atoms with Gasteiger partial charge < -0.3 is 25.8 Å². The minimum absolute atomic E-state index is 0.311. The van der Waals surface area contributed by atoms with Crippen LogP contribution < -0.4 is 20.9 Å². The maximum Gasteiger partial charge on any atom is 0.0613 e. The normalized spacial score (nSPS) is 25.8. The fourth-order valence-electron chi connectivity index (χ4n) is 12.6. The number of aryl methyl sites for hydroxylation is 1. The van der Waals surface area contributed by atoms with E-state index in [1.807, 2.05) is 12.4 Å². The first-order chi connectivity index (χ1) is 30.4. The van der Waals surface area contributed by atoms with Gasteiger partial charge in [-0.3, -0.25) is 19.8 Å². The van der Waals surface area contributed by atoms with Gasteiger partial charge in [-0.25, -0.2) is 0 Å². The Morgan fingerprint density at radius 1 is 0.677 bits per heavy atom. The number of pyridine rings is 2. The van der Waals surface area contributed by atoms with Crippen molar-refractivity contribution in [1.29, 1.82) is 0 Å². The summed E-state index contributed by atoms with van der Waals surface area (Å²) in [7, 11) is 9.28. The van der Waals surface area contributed by atoms with Gasteiger partial charge in [-0.05, 0) is 168 Å². The molecule has 5 heterocycles. The van der Waals surface area contributed by atoms with Gasteiger partial charge in [-0.1, -0.05) is 49.6 Å². The molecule has 3 aliphatic carbocycles. The molecule has 9 heteroatoms. The average molecular weight is 836 g/mol. The summed E-state index contributed by atoms with van der Waals surface area (Å²) < 4.78 is 0. The molecule has 3 N–H and O–H groups in total. The Kier molecular flexibility index (Phi) is 12.7. The van der Waals surface area contributed by atoms with Gasteiger partial charge in [0.15, 0.2) is 0 Å². The second-order valence-corrected chi connectivity index (χ2v) is 20.3. The summed E-state index contributed by atoms with van der Waals surface area (Å²) in [4.78, 5) is 20.4. The lowest BCUT2D eigenvalue weighted by Crippen LogP contribution is -2.46. The topological polar surface area (TPSA) is 74.8 Å². The van der Waals surface area contributed by atoms with Gasteiger partial charge in [0.25, 0.3) is 0 Å². The summed E-state index contributed by atoms with van der Waals surface area (Å²) in [6.07, 6.45) is 21.1. The number of fused-ring (bicyclic) bond motifs is 4. The van der Waals surface area contributed by atoms with Crippen LogP contribution in [-0.4, -0.2) is 103 Å². The first-order valence-electron chi connectivity index (χ1n) is 24.6. The highest BCUT2D eigenvalue weighted by Gasteiger charge is 2.36. The second-order valence-electron chi connectivity index (χ2n) is 20.3. The molecule has 4 aromatic rings. The number of benzene rings is 2. The minimum atomic E-state index is 0.311. The van der Waals surface area contributed by atoms with Gasteiger partial charge >= 0.3 is 0 Å². The summed E-state index contributed by atoms with van der Waals surface area (Å²) in [6, 6.07) is 23.8. The zero-order valence-electron chi connectivity index (χ0n) is 38.2. The van der Waals surface area contributed by atoms with Crippen LogP contribution in [0.3, 0.4) is 0 Å². The van der Waals surface area contributed by atoms with Gasteiger partial charge in [0.05, 0.1) is 23.5 Å². The molecule has 3 aliphatic heterocycles. The average Bonchev–Trinajstić information content (AvgIpc) is 3.31. The number of hydrogen-bond acceptors (Lipinski definition) is 9. The van der Waals surface area contributed by atoms with Crippen molar-refractivity contribution in [2.24, 2.45) is 0 Å². The molecule has 2 fully saturated rings. The van der Waals surface area contributed by atoms with Crippen molar-refractivity contribution < 1.29 is 0 Å². The highest BCUT2D eigenvalue weighted by molar-refractivity contribution is 5.61. The molecule has 62 heavy (non-hydrogen) atoms. The Bertz CT molecular complexity index is 2160. The smallest absolute Gasteiger partial charge is 0.0613 e. The Hall–Kier alpha value is -3.86. The summed E-state index contributed by atoms with van der Waals surface area (Å²) in [5, 5.41) is 12.2. The third-order valence-corrected chi connectivity index (χ3v) is 16.2. The highest BCUT2D eigenvalue weighted by atomic mass is 15.2. The zero-order valence-corrected chi connectivity index (χ0v) is 38.2. The van der Waals surface area contributed by atoms with E-state index in [2.05, 4.69) is 118 Å². The number of likely N-dealkylation sites (tertiary alicyclic amines) is 1. The number of nitrogens with one attached hydrogen (secondary N) is 3. The van der Waals surface area contributed by atoms with E-state index in [1.165, 1.54) is 121 Å². The number of nitrogens with zero attached hydrogens (tertiary/aromatic N) is 6. The minimum Gasteiger partial charge on any atom is -0.382 e. The molecule has 1 saturated carbocycles. The van der Waals surface area contributed by atoms with Crippen molar-refractivity contribution in [2.75, 3.05) is 64.6 Å². The summed E-state index contributed by atoms with van der Waals surface area (Å²) in [6.45, 7) is 6.28. The standard InChI is InChI=1S/C53H73N9/c1-59-26-22-43(23-27-59)62(4)49-18-9-13-37-32-56-42(31-47(37)49)35-61(3)51-21-20-44(45-17-11-25-55-53(45)51)38-28-39-33-57-41(30-46(39)48(29-38)58-40-15-6-5-7-16-40)34-60(2)50-19-8-12-36-14-10-24-54-52(36)50/h9-11,13-14,17-18,24-25,28-29,40-44,50-51,56-58H,5-8,12,15-16,19-23,26-27,30-35H2,1-4H3/t41-,42-,44?,50+,51+/m1/s1. The fraction of sp³-hybridized carbons (Fsp3) is 0.585. The molecule has 0 radical (unpaired) electrons. The van der Waals surface area contributed by atoms with Crippen LogP contribution in [0.25, 0.3) is 0 Å². The molecule has 0 bridgehead atoms. The number of piperidine rings is 1. The summed E-state index contributed by atoms with van der Waals surface area (Å²) in [5.74, 6) is 0.348. The van der Waals surface area contributed by atoms with E-state index in [0.29, 0.717) is 42.2 Å². The van der Waals surface area contributed by atoms with Crippen LogP contribution in [-0.2, 0) is 32.4 Å². The molecular weight excluding hydrogens is 763 g/mol. The van der Waals surface area contributed by atoms with Crippen LogP contribution >= 0.6 is 0 Å². The highest BCUT2D eigenvalue weighted by Crippen LogP contribution is 2.45. The van der Waals surface area contributed by atoms with Crippen LogP contribution in [0.4, 0.5) is 11.4 Å². The van der Waals surface area contributed by atoms with E-state index >= 15 is 0 Å². The van der Waals surface area contributed by atoms with Crippen LogP contribution in [0.2, 0.25) is 0 Å². The predicted octanol–water partition coefficient (Wildman–Crippen LogP) is 8.39. The third-order valence-electron chi connectivity index (χ3n) is 16.2. The number of aromatic nitrogens is 2. The van der Waals surface area contributed by atoms with Crippen molar-refractivity contribution in [1.82, 2.24) is 35.3 Å². The largest absolute Gasteiger partial charge is 0.382 e. The lowest BCUT2D eigenvalue weighted by atomic mass is 9.77. The first-order valence-corrected chi connectivity index (χ1v) is 24.6. The van der Waals surface area contributed by atoms with Crippen LogP contribution in [0.5, 0.6) is 0 Å². The Morgan fingerprint density at radius 3 is 2.16 bits per heavy atom. The lowest BCUT2D eigenvalue weighted by molar-refractivity contribution is 0.187. The van der Waals surface area contributed by atoms with E-state index in [4.69, 9.17) is 9.97 Å². The maximum absolute atomic E-state index is 5.21. The molecule has 330 valence electrons.